The molecule has 1 heterocycles. The normalized spacial score (nSPS) is 23.6. The number of rotatable bonds is 6. The SMILES string of the molecule is CCC(C)CC(CC)(C(=O)O)N1CCN(C)CC1. The first-order valence-corrected chi connectivity index (χ1v) is 7.13. The molecule has 0 amide bonds. The van der Waals surface area contributed by atoms with Gasteiger partial charge in [0.1, 0.15) is 5.54 Å². The molecule has 1 N–H and O–H groups in total. The maximum absolute atomic E-state index is 11.8. The van der Waals surface area contributed by atoms with E-state index in [1.165, 1.54) is 0 Å². The third kappa shape index (κ3) is 3.23. The summed E-state index contributed by atoms with van der Waals surface area (Å²) in [5, 5.41) is 9.73. The molecule has 2 unspecified atom stereocenters. The number of carboxylic acid groups (broad SMARTS) is 1. The fraction of sp³-hybridized carbons (Fsp3) is 0.929. The average molecular weight is 256 g/mol. The van der Waals surface area contributed by atoms with Crippen molar-refractivity contribution in [3.05, 3.63) is 0 Å². The van der Waals surface area contributed by atoms with E-state index in [-0.39, 0.29) is 0 Å². The molecular formula is C14H28N2O2. The Kier molecular flexibility index (Phi) is 5.60. The molecule has 0 aliphatic carbocycles. The molecule has 106 valence electrons. The van der Waals surface area contributed by atoms with E-state index in [2.05, 4.69) is 30.7 Å². The van der Waals surface area contributed by atoms with Crippen molar-refractivity contribution < 1.29 is 9.90 Å². The number of likely N-dealkylation sites (N-methyl/N-ethyl adjacent to an activating group) is 1. The Hall–Kier alpha value is -0.610. The summed E-state index contributed by atoms with van der Waals surface area (Å²) in [5.41, 5.74) is -0.656. The van der Waals surface area contributed by atoms with E-state index in [1.807, 2.05) is 6.92 Å². The van der Waals surface area contributed by atoms with Crippen molar-refractivity contribution in [1.29, 1.82) is 0 Å². The Balaban J connectivity index is 2.85. The Bertz CT molecular complexity index is 275. The molecule has 0 bridgehead atoms. The van der Waals surface area contributed by atoms with E-state index in [9.17, 15) is 9.90 Å². The quantitative estimate of drug-likeness (QED) is 0.788. The number of nitrogens with zero attached hydrogens (tertiary/aromatic N) is 2. The molecular weight excluding hydrogens is 228 g/mol. The van der Waals surface area contributed by atoms with Crippen LogP contribution in [0.2, 0.25) is 0 Å². The standard InChI is InChI=1S/C14H28N2O2/c1-5-12(3)11-14(6-2,13(17)18)16-9-7-15(4)8-10-16/h12H,5-11H2,1-4H3,(H,17,18). The van der Waals surface area contributed by atoms with Crippen LogP contribution < -0.4 is 0 Å². The Morgan fingerprint density at radius 2 is 1.83 bits per heavy atom. The lowest BCUT2D eigenvalue weighted by atomic mass is 9.82. The number of hydrogen-bond donors (Lipinski definition) is 1. The summed E-state index contributed by atoms with van der Waals surface area (Å²) in [6.07, 6.45) is 2.50. The van der Waals surface area contributed by atoms with Crippen molar-refractivity contribution in [2.24, 2.45) is 5.92 Å². The van der Waals surface area contributed by atoms with Crippen LogP contribution in [-0.4, -0.2) is 59.6 Å². The van der Waals surface area contributed by atoms with Gasteiger partial charge in [0, 0.05) is 26.2 Å². The Morgan fingerprint density at radius 1 is 1.28 bits per heavy atom. The van der Waals surface area contributed by atoms with Crippen LogP contribution in [0, 0.1) is 5.92 Å². The molecule has 1 fully saturated rings. The summed E-state index contributed by atoms with van der Waals surface area (Å²) in [6, 6.07) is 0. The third-order valence-corrected chi connectivity index (χ3v) is 4.47. The van der Waals surface area contributed by atoms with E-state index < -0.39 is 11.5 Å². The molecule has 0 aromatic carbocycles. The van der Waals surface area contributed by atoms with Gasteiger partial charge in [-0.05, 0) is 25.8 Å². The first kappa shape index (κ1) is 15.4. The summed E-state index contributed by atoms with van der Waals surface area (Å²) in [4.78, 5) is 16.3. The molecule has 1 aliphatic heterocycles. The van der Waals surface area contributed by atoms with Gasteiger partial charge in [0.05, 0.1) is 0 Å². The van der Waals surface area contributed by atoms with Crippen molar-refractivity contribution in [2.75, 3.05) is 33.2 Å². The Labute approximate surface area is 111 Å². The summed E-state index contributed by atoms with van der Waals surface area (Å²) in [6.45, 7) is 9.97. The predicted molar refractivity (Wildman–Crippen MR) is 73.8 cm³/mol. The molecule has 0 saturated carbocycles. The van der Waals surface area contributed by atoms with Crippen LogP contribution in [0.1, 0.15) is 40.0 Å². The predicted octanol–water partition coefficient (Wildman–Crippen LogP) is 1.90. The lowest BCUT2D eigenvalue weighted by molar-refractivity contribution is -0.155. The largest absolute Gasteiger partial charge is 0.480 e. The fourth-order valence-corrected chi connectivity index (χ4v) is 2.83. The topological polar surface area (TPSA) is 43.8 Å². The molecule has 0 radical (unpaired) electrons. The number of carbonyl (C=O) groups is 1. The van der Waals surface area contributed by atoms with Gasteiger partial charge in [0.2, 0.25) is 0 Å². The highest BCUT2D eigenvalue weighted by Gasteiger charge is 2.43. The summed E-state index contributed by atoms with van der Waals surface area (Å²) < 4.78 is 0. The minimum Gasteiger partial charge on any atom is -0.480 e. The molecule has 1 saturated heterocycles. The van der Waals surface area contributed by atoms with Crippen LogP contribution >= 0.6 is 0 Å². The minimum atomic E-state index is -0.656. The molecule has 4 nitrogen and oxygen atoms in total. The van der Waals surface area contributed by atoms with Crippen molar-refractivity contribution in [2.45, 2.75) is 45.6 Å². The van der Waals surface area contributed by atoms with Crippen molar-refractivity contribution in [3.8, 4) is 0 Å². The van der Waals surface area contributed by atoms with Gasteiger partial charge in [-0.2, -0.15) is 0 Å². The van der Waals surface area contributed by atoms with Crippen LogP contribution in [0.25, 0.3) is 0 Å². The highest BCUT2D eigenvalue weighted by Crippen LogP contribution is 2.30. The fourth-order valence-electron chi connectivity index (χ4n) is 2.83. The van der Waals surface area contributed by atoms with E-state index in [4.69, 9.17) is 0 Å². The minimum absolute atomic E-state index is 0.459. The van der Waals surface area contributed by atoms with Crippen molar-refractivity contribution >= 4 is 5.97 Å². The van der Waals surface area contributed by atoms with Crippen molar-refractivity contribution in [1.82, 2.24) is 9.80 Å². The van der Waals surface area contributed by atoms with Crippen LogP contribution in [0.15, 0.2) is 0 Å². The maximum atomic E-state index is 11.8. The molecule has 2 atom stereocenters. The molecule has 1 aliphatic rings. The summed E-state index contributed by atoms with van der Waals surface area (Å²) >= 11 is 0. The molecule has 4 heteroatoms. The molecule has 0 aromatic rings. The van der Waals surface area contributed by atoms with Gasteiger partial charge in [-0.1, -0.05) is 27.2 Å². The highest BCUT2D eigenvalue weighted by atomic mass is 16.4. The maximum Gasteiger partial charge on any atom is 0.324 e. The van der Waals surface area contributed by atoms with Crippen LogP contribution in [0.4, 0.5) is 0 Å². The summed E-state index contributed by atoms with van der Waals surface area (Å²) in [7, 11) is 2.10. The van der Waals surface area contributed by atoms with Crippen molar-refractivity contribution in [3.63, 3.8) is 0 Å². The highest BCUT2D eigenvalue weighted by molar-refractivity contribution is 5.78. The molecule has 18 heavy (non-hydrogen) atoms. The third-order valence-electron chi connectivity index (χ3n) is 4.47. The second-order valence-electron chi connectivity index (χ2n) is 5.70. The smallest absolute Gasteiger partial charge is 0.324 e. The monoisotopic (exact) mass is 256 g/mol. The van der Waals surface area contributed by atoms with Gasteiger partial charge in [0.15, 0.2) is 0 Å². The molecule has 0 spiro atoms. The average Bonchev–Trinajstić information content (AvgIpc) is 2.36. The van der Waals surface area contributed by atoms with E-state index in [0.29, 0.717) is 12.3 Å². The molecule has 1 rings (SSSR count). The zero-order valence-electron chi connectivity index (χ0n) is 12.3. The molecule has 0 aromatic heterocycles. The van der Waals surface area contributed by atoms with Crippen LogP contribution in [0.5, 0.6) is 0 Å². The Morgan fingerprint density at radius 3 is 2.22 bits per heavy atom. The van der Waals surface area contributed by atoms with Gasteiger partial charge in [-0.3, -0.25) is 9.69 Å². The van der Waals surface area contributed by atoms with Crippen LogP contribution in [0.3, 0.4) is 0 Å². The summed E-state index contributed by atoms with van der Waals surface area (Å²) in [5.74, 6) is -0.185. The van der Waals surface area contributed by atoms with E-state index >= 15 is 0 Å². The number of piperazine rings is 1. The first-order chi connectivity index (χ1) is 8.46. The zero-order chi connectivity index (χ0) is 13.8. The number of aliphatic carboxylic acids is 1. The van der Waals surface area contributed by atoms with E-state index in [0.717, 1.165) is 39.0 Å². The number of hydrogen-bond acceptors (Lipinski definition) is 3. The van der Waals surface area contributed by atoms with Gasteiger partial charge in [-0.15, -0.1) is 0 Å². The lowest BCUT2D eigenvalue weighted by Crippen LogP contribution is -2.60. The van der Waals surface area contributed by atoms with Gasteiger partial charge in [-0.25, -0.2) is 0 Å². The number of carboxylic acids is 1. The van der Waals surface area contributed by atoms with Gasteiger partial charge >= 0.3 is 5.97 Å². The van der Waals surface area contributed by atoms with Gasteiger partial charge < -0.3 is 10.0 Å². The van der Waals surface area contributed by atoms with Gasteiger partial charge in [0.25, 0.3) is 0 Å². The van der Waals surface area contributed by atoms with E-state index in [1.54, 1.807) is 0 Å². The second kappa shape index (κ2) is 6.53. The zero-order valence-corrected chi connectivity index (χ0v) is 12.3. The lowest BCUT2D eigenvalue weighted by Gasteiger charge is -2.45. The second-order valence-corrected chi connectivity index (χ2v) is 5.70. The van der Waals surface area contributed by atoms with Crippen LogP contribution in [-0.2, 0) is 4.79 Å². The first-order valence-electron chi connectivity index (χ1n) is 7.13.